The van der Waals surface area contributed by atoms with Gasteiger partial charge in [-0.15, -0.1) is 0 Å². The first-order valence-electron chi connectivity index (χ1n) is 6.71. The number of fused-ring (bicyclic) bond motifs is 1. The highest BCUT2D eigenvalue weighted by Gasteiger charge is 2.12. The quantitative estimate of drug-likeness (QED) is 0.693. The molecule has 4 heteroatoms. The Kier molecular flexibility index (Phi) is 3.87. The van der Waals surface area contributed by atoms with Crippen molar-refractivity contribution >= 4 is 12.0 Å². The van der Waals surface area contributed by atoms with Gasteiger partial charge in [0.25, 0.3) is 0 Å². The van der Waals surface area contributed by atoms with E-state index in [2.05, 4.69) is 5.32 Å². The maximum atomic E-state index is 11.8. The Hall–Kier alpha value is -2.75. The van der Waals surface area contributed by atoms with Gasteiger partial charge in [-0.3, -0.25) is 4.79 Å². The molecule has 2 aromatic rings. The van der Waals surface area contributed by atoms with Gasteiger partial charge >= 0.3 is 0 Å². The molecule has 1 heterocycles. The highest BCUT2D eigenvalue weighted by atomic mass is 16.7. The van der Waals surface area contributed by atoms with Crippen LogP contribution in [0.15, 0.2) is 54.6 Å². The molecule has 1 aliphatic rings. The lowest BCUT2D eigenvalue weighted by Crippen LogP contribution is -2.20. The molecule has 0 saturated heterocycles. The third-order valence-corrected chi connectivity index (χ3v) is 3.13. The molecule has 0 bridgehead atoms. The lowest BCUT2D eigenvalue weighted by atomic mass is 10.2. The van der Waals surface area contributed by atoms with E-state index in [9.17, 15) is 4.79 Å². The van der Waals surface area contributed by atoms with Crippen LogP contribution in [0, 0.1) is 0 Å². The molecule has 106 valence electrons. The molecule has 0 unspecified atom stereocenters. The minimum Gasteiger partial charge on any atom is -0.454 e. The van der Waals surface area contributed by atoms with Gasteiger partial charge in [0.2, 0.25) is 12.7 Å². The van der Waals surface area contributed by atoms with Crippen LogP contribution in [-0.2, 0) is 11.3 Å². The molecule has 0 spiro atoms. The average molecular weight is 282 g/mol. The van der Waals surface area contributed by atoms with Crippen molar-refractivity contribution in [1.82, 2.24) is 5.32 Å². The van der Waals surface area contributed by atoms with Crippen molar-refractivity contribution in [2.75, 3.05) is 6.79 Å². The first kappa shape index (κ1) is 13.2. The standard InChI is InChI=1S/C17H15NO3/c19-17(18-11-14-4-2-1-3-5-14)9-7-13-6-8-15-16(10-13)21-12-20-15/h1-10H,11-12H2,(H,18,19)/b9-7+/i17+1. The molecule has 2 aromatic carbocycles. The fourth-order valence-electron chi connectivity index (χ4n) is 2.03. The zero-order valence-corrected chi connectivity index (χ0v) is 11.4. The zero-order valence-electron chi connectivity index (χ0n) is 11.4. The van der Waals surface area contributed by atoms with Crippen LogP contribution in [0.3, 0.4) is 0 Å². The highest BCUT2D eigenvalue weighted by molar-refractivity contribution is 5.91. The van der Waals surface area contributed by atoms with E-state index in [1.165, 1.54) is 6.08 Å². The van der Waals surface area contributed by atoms with E-state index in [0.717, 1.165) is 16.9 Å². The Labute approximate surface area is 123 Å². The van der Waals surface area contributed by atoms with Crippen LogP contribution in [0.5, 0.6) is 11.5 Å². The number of amides is 1. The summed E-state index contributed by atoms with van der Waals surface area (Å²) in [5.41, 5.74) is 1.97. The van der Waals surface area contributed by atoms with Gasteiger partial charge in [-0.05, 0) is 29.3 Å². The van der Waals surface area contributed by atoms with Gasteiger partial charge in [-0.25, -0.2) is 0 Å². The van der Waals surface area contributed by atoms with Crippen molar-refractivity contribution in [3.63, 3.8) is 0 Å². The lowest BCUT2D eigenvalue weighted by molar-refractivity contribution is -0.116. The van der Waals surface area contributed by atoms with Crippen LogP contribution >= 0.6 is 0 Å². The average Bonchev–Trinajstić information content (AvgIpc) is 2.99. The van der Waals surface area contributed by atoms with E-state index in [0.29, 0.717) is 12.3 Å². The fraction of sp³-hybridized carbons (Fsp3) is 0.118. The van der Waals surface area contributed by atoms with Crippen LogP contribution < -0.4 is 14.8 Å². The van der Waals surface area contributed by atoms with Crippen LogP contribution in [0.1, 0.15) is 11.1 Å². The van der Waals surface area contributed by atoms with E-state index in [-0.39, 0.29) is 12.7 Å². The zero-order chi connectivity index (χ0) is 14.5. The molecule has 0 radical (unpaired) electrons. The predicted molar refractivity (Wildman–Crippen MR) is 79.9 cm³/mol. The van der Waals surface area contributed by atoms with Crippen LogP contribution in [-0.4, -0.2) is 12.7 Å². The predicted octanol–water partition coefficient (Wildman–Crippen LogP) is 2.74. The SMILES string of the molecule is O=[13C](/C=C/c1ccc2c(c1)OCO2)NCc1ccccc1. The minimum atomic E-state index is -0.128. The van der Waals surface area contributed by atoms with E-state index in [1.54, 1.807) is 6.08 Å². The number of benzene rings is 2. The van der Waals surface area contributed by atoms with Gasteiger partial charge in [0.15, 0.2) is 11.5 Å². The summed E-state index contributed by atoms with van der Waals surface area (Å²) >= 11 is 0. The van der Waals surface area contributed by atoms with Gasteiger partial charge < -0.3 is 14.8 Å². The van der Waals surface area contributed by atoms with E-state index < -0.39 is 0 Å². The van der Waals surface area contributed by atoms with Crippen molar-refractivity contribution in [1.29, 1.82) is 0 Å². The van der Waals surface area contributed by atoms with Crippen molar-refractivity contribution < 1.29 is 14.3 Å². The van der Waals surface area contributed by atoms with Gasteiger partial charge in [0.1, 0.15) is 0 Å². The molecule has 3 rings (SSSR count). The molecule has 0 atom stereocenters. The molecule has 1 amide bonds. The summed E-state index contributed by atoms with van der Waals surface area (Å²) in [7, 11) is 0. The van der Waals surface area contributed by atoms with Crippen LogP contribution in [0.4, 0.5) is 0 Å². The topological polar surface area (TPSA) is 47.6 Å². The molecule has 0 fully saturated rings. The maximum absolute atomic E-state index is 11.8. The molecule has 1 aliphatic heterocycles. The van der Waals surface area contributed by atoms with Gasteiger partial charge in [-0.2, -0.15) is 0 Å². The van der Waals surface area contributed by atoms with Crippen molar-refractivity contribution in [2.24, 2.45) is 0 Å². The van der Waals surface area contributed by atoms with E-state index in [1.807, 2.05) is 48.5 Å². The van der Waals surface area contributed by atoms with E-state index in [4.69, 9.17) is 9.47 Å². The molecular weight excluding hydrogens is 267 g/mol. The number of nitrogens with one attached hydrogen (secondary N) is 1. The molecular formula is C17H15NO3. The third kappa shape index (κ3) is 3.42. The first-order chi connectivity index (χ1) is 10.3. The molecule has 0 saturated carbocycles. The summed E-state index contributed by atoms with van der Waals surface area (Å²) in [6.45, 7) is 0.769. The number of carbonyl (C=O) groups is 1. The normalized spacial score (nSPS) is 12.6. The van der Waals surface area contributed by atoms with Gasteiger partial charge in [0.05, 0.1) is 0 Å². The second-order valence-electron chi connectivity index (χ2n) is 4.65. The maximum Gasteiger partial charge on any atom is 0.244 e. The highest BCUT2D eigenvalue weighted by Crippen LogP contribution is 2.32. The van der Waals surface area contributed by atoms with Gasteiger partial charge in [0, 0.05) is 12.6 Å². The summed E-state index contributed by atoms with van der Waals surface area (Å²) < 4.78 is 10.5. The van der Waals surface area contributed by atoms with Crippen molar-refractivity contribution in [3.8, 4) is 11.5 Å². The largest absolute Gasteiger partial charge is 0.454 e. The second-order valence-corrected chi connectivity index (χ2v) is 4.65. The van der Waals surface area contributed by atoms with Gasteiger partial charge in [-0.1, -0.05) is 36.4 Å². The number of rotatable bonds is 4. The Morgan fingerprint density at radius 1 is 1.10 bits per heavy atom. The minimum absolute atomic E-state index is 0.128. The number of ether oxygens (including phenoxy) is 2. The molecule has 21 heavy (non-hydrogen) atoms. The van der Waals surface area contributed by atoms with E-state index >= 15 is 0 Å². The summed E-state index contributed by atoms with van der Waals surface area (Å²) in [6, 6.07) is 15.4. The molecule has 4 nitrogen and oxygen atoms in total. The molecule has 0 aromatic heterocycles. The summed E-state index contributed by atoms with van der Waals surface area (Å²) in [6.07, 6.45) is 3.27. The Balaban J connectivity index is 1.57. The van der Waals surface area contributed by atoms with Crippen LogP contribution in [0.2, 0.25) is 0 Å². The summed E-state index contributed by atoms with van der Waals surface area (Å²) in [5.74, 6) is 1.32. The fourth-order valence-corrected chi connectivity index (χ4v) is 2.03. The Morgan fingerprint density at radius 2 is 1.90 bits per heavy atom. The Morgan fingerprint density at radius 3 is 2.76 bits per heavy atom. The van der Waals surface area contributed by atoms with Crippen LogP contribution in [0.25, 0.3) is 6.08 Å². The Bertz CT molecular complexity index is 665. The van der Waals surface area contributed by atoms with Crippen molar-refractivity contribution in [3.05, 3.63) is 65.7 Å². The van der Waals surface area contributed by atoms with Crippen molar-refractivity contribution in [2.45, 2.75) is 6.54 Å². The second kappa shape index (κ2) is 6.13. The summed E-state index contributed by atoms with van der Waals surface area (Å²) in [5, 5.41) is 2.84. The number of hydrogen-bond acceptors (Lipinski definition) is 3. The number of carbonyl (C=O) groups excluding carboxylic acids is 1. The molecule has 0 aliphatic carbocycles. The third-order valence-electron chi connectivity index (χ3n) is 3.13. The number of hydrogen-bond donors (Lipinski definition) is 1. The smallest absolute Gasteiger partial charge is 0.244 e. The lowest BCUT2D eigenvalue weighted by Gasteiger charge is -2.02. The monoisotopic (exact) mass is 282 g/mol. The molecule has 1 N–H and O–H groups in total. The first-order valence-corrected chi connectivity index (χ1v) is 6.71. The summed E-state index contributed by atoms with van der Waals surface area (Å²) in [4.78, 5) is 11.8.